The number of allylic oxidation sites excluding steroid dienone is 1. The van der Waals surface area contributed by atoms with Crippen molar-refractivity contribution < 1.29 is 4.79 Å². The van der Waals surface area contributed by atoms with E-state index in [2.05, 4.69) is 16.0 Å². The fourth-order valence-corrected chi connectivity index (χ4v) is 3.72. The molecule has 2 heterocycles. The van der Waals surface area contributed by atoms with Gasteiger partial charge in [-0.05, 0) is 18.6 Å². The Morgan fingerprint density at radius 1 is 1.40 bits per heavy atom. The second kappa shape index (κ2) is 3.87. The highest BCUT2D eigenvalue weighted by molar-refractivity contribution is 6.03. The van der Waals surface area contributed by atoms with Crippen molar-refractivity contribution in [3.05, 3.63) is 46.8 Å². The van der Waals surface area contributed by atoms with Crippen LogP contribution in [0.4, 0.5) is 0 Å². The van der Waals surface area contributed by atoms with Gasteiger partial charge in [0, 0.05) is 24.0 Å². The van der Waals surface area contributed by atoms with E-state index in [1.165, 1.54) is 5.70 Å². The molecule has 0 bridgehead atoms. The molecule has 0 N–H and O–H groups in total. The first kappa shape index (κ1) is 11.6. The first-order valence-electron chi connectivity index (χ1n) is 6.84. The standard InChI is InChI=1S/C16H13N3O/c17-8-11-3-4-14-13(6-11)15(20)7-16(14)5-1-2-12-9-18-10-19(12)16/h3-4,6,9-10H,1-2,5,7H2/q+1. The molecule has 4 rings (SSSR count). The summed E-state index contributed by atoms with van der Waals surface area (Å²) in [5.74, 6) is 0.138. The molecular formula is C16H13N3O+. The lowest BCUT2D eigenvalue weighted by atomic mass is 9.81. The Labute approximate surface area is 117 Å². The summed E-state index contributed by atoms with van der Waals surface area (Å²) in [6, 6.07) is 7.61. The Kier molecular flexibility index (Phi) is 2.24. The predicted octanol–water partition coefficient (Wildman–Crippen LogP) is 2.55. The molecule has 1 aromatic carbocycles. The molecule has 4 heteroatoms. The molecule has 0 aromatic heterocycles. The largest absolute Gasteiger partial charge is 0.294 e. The number of aliphatic imine (C=N–C) groups is 1. The van der Waals surface area contributed by atoms with Crippen LogP contribution in [0.5, 0.6) is 0 Å². The Morgan fingerprint density at radius 2 is 2.30 bits per heavy atom. The molecule has 1 aliphatic carbocycles. The van der Waals surface area contributed by atoms with Crippen LogP contribution in [-0.4, -0.2) is 12.1 Å². The zero-order valence-electron chi connectivity index (χ0n) is 11.0. The highest BCUT2D eigenvalue weighted by Gasteiger charge is 2.58. The number of carbonyl (C=O) groups is 1. The van der Waals surface area contributed by atoms with Crippen LogP contribution in [0, 0.1) is 11.3 Å². The highest BCUT2D eigenvalue weighted by atomic mass is 16.1. The van der Waals surface area contributed by atoms with Crippen molar-refractivity contribution in [2.24, 2.45) is 4.99 Å². The van der Waals surface area contributed by atoms with Gasteiger partial charge >= 0.3 is 0 Å². The van der Waals surface area contributed by atoms with Crippen LogP contribution in [0.25, 0.3) is 0 Å². The number of Topliss-reactive ketones (excluding diaryl/α,β-unsaturated/α-hetero) is 1. The molecule has 2 aliphatic heterocycles. The molecular weight excluding hydrogens is 250 g/mol. The first-order chi connectivity index (χ1) is 9.74. The van der Waals surface area contributed by atoms with Crippen molar-refractivity contribution >= 4 is 12.1 Å². The third-order valence-electron chi connectivity index (χ3n) is 4.60. The summed E-state index contributed by atoms with van der Waals surface area (Å²) in [7, 11) is 0. The van der Waals surface area contributed by atoms with E-state index < -0.39 is 0 Å². The Hall–Kier alpha value is -2.25. The molecule has 0 amide bonds. The van der Waals surface area contributed by atoms with Crippen molar-refractivity contribution in [1.29, 1.82) is 5.26 Å². The summed E-state index contributed by atoms with van der Waals surface area (Å²) in [6.07, 6.45) is 7.27. The summed E-state index contributed by atoms with van der Waals surface area (Å²) in [4.78, 5) is 18.8. The van der Waals surface area contributed by atoms with Gasteiger partial charge in [-0.2, -0.15) is 5.26 Å². The smallest absolute Gasteiger partial charge is 0.245 e. The molecule has 1 fully saturated rings. The minimum atomic E-state index is -0.273. The Balaban J connectivity index is 1.91. The van der Waals surface area contributed by atoms with Gasteiger partial charge in [0.15, 0.2) is 17.0 Å². The number of hydrogen-bond donors (Lipinski definition) is 0. The molecule has 97 valence electrons. The quantitative estimate of drug-likeness (QED) is 0.675. The maximum Gasteiger partial charge on any atom is 0.245 e. The van der Waals surface area contributed by atoms with Crippen LogP contribution in [0.15, 0.2) is 35.1 Å². The van der Waals surface area contributed by atoms with Crippen molar-refractivity contribution in [2.45, 2.75) is 31.2 Å². The molecule has 1 spiro atoms. The molecule has 1 radical (unpaired) electrons. The average molecular weight is 263 g/mol. The molecule has 0 saturated carbocycles. The van der Waals surface area contributed by atoms with Crippen molar-refractivity contribution in [3.8, 4) is 6.07 Å². The van der Waals surface area contributed by atoms with Crippen LogP contribution in [0.1, 0.15) is 47.2 Å². The van der Waals surface area contributed by atoms with Gasteiger partial charge in [-0.1, -0.05) is 11.0 Å². The second-order valence-electron chi connectivity index (χ2n) is 5.61. The monoisotopic (exact) mass is 263 g/mol. The third-order valence-corrected chi connectivity index (χ3v) is 4.60. The van der Waals surface area contributed by atoms with Crippen molar-refractivity contribution in [2.75, 3.05) is 0 Å². The summed E-state index contributed by atoms with van der Waals surface area (Å²) in [6.45, 7) is 0. The number of rotatable bonds is 0. The zero-order chi connectivity index (χ0) is 13.7. The van der Waals surface area contributed by atoms with Gasteiger partial charge < -0.3 is 0 Å². The van der Waals surface area contributed by atoms with E-state index in [0.717, 1.165) is 24.8 Å². The number of benzene rings is 1. The van der Waals surface area contributed by atoms with Crippen LogP contribution in [-0.2, 0) is 5.54 Å². The maximum absolute atomic E-state index is 12.4. The van der Waals surface area contributed by atoms with Gasteiger partial charge in [-0.25, -0.2) is 4.99 Å². The summed E-state index contributed by atoms with van der Waals surface area (Å²) >= 11 is 0. The van der Waals surface area contributed by atoms with Gasteiger partial charge in [0.05, 0.1) is 24.3 Å². The minimum Gasteiger partial charge on any atom is -0.294 e. The molecule has 3 aliphatic rings. The van der Waals surface area contributed by atoms with E-state index in [-0.39, 0.29) is 11.3 Å². The number of hydrogen-bond acceptors (Lipinski definition) is 4. The van der Waals surface area contributed by atoms with Gasteiger partial charge in [-0.15, -0.1) is 0 Å². The predicted molar refractivity (Wildman–Crippen MR) is 74.3 cm³/mol. The van der Waals surface area contributed by atoms with Crippen LogP contribution < -0.4 is 4.90 Å². The van der Waals surface area contributed by atoms with Crippen molar-refractivity contribution in [1.82, 2.24) is 4.90 Å². The van der Waals surface area contributed by atoms with Crippen LogP contribution in [0.3, 0.4) is 0 Å². The van der Waals surface area contributed by atoms with E-state index in [4.69, 9.17) is 5.26 Å². The minimum absolute atomic E-state index is 0.138. The lowest BCUT2D eigenvalue weighted by Gasteiger charge is -2.32. The fourth-order valence-electron chi connectivity index (χ4n) is 3.72. The fraction of sp³-hybridized carbons (Fsp3) is 0.312. The second-order valence-corrected chi connectivity index (χ2v) is 5.61. The molecule has 1 saturated heterocycles. The van der Waals surface area contributed by atoms with E-state index in [9.17, 15) is 4.79 Å². The van der Waals surface area contributed by atoms with Crippen molar-refractivity contribution in [3.63, 3.8) is 0 Å². The van der Waals surface area contributed by atoms with Crippen LogP contribution in [0.2, 0.25) is 0 Å². The van der Waals surface area contributed by atoms with Gasteiger partial charge in [0.25, 0.3) is 0 Å². The van der Waals surface area contributed by atoms with E-state index in [0.29, 0.717) is 17.5 Å². The van der Waals surface area contributed by atoms with Gasteiger partial charge in [0.1, 0.15) is 0 Å². The molecule has 1 aromatic rings. The number of ketones is 1. The summed E-state index contributed by atoms with van der Waals surface area (Å²) in [5.41, 5.74) is 3.24. The summed E-state index contributed by atoms with van der Waals surface area (Å²) < 4.78 is 0. The van der Waals surface area contributed by atoms with Crippen LogP contribution >= 0.6 is 0 Å². The van der Waals surface area contributed by atoms with Gasteiger partial charge in [0.2, 0.25) is 6.34 Å². The van der Waals surface area contributed by atoms with E-state index >= 15 is 0 Å². The number of fused-ring (bicyclic) bond motifs is 4. The third kappa shape index (κ3) is 1.33. The SMILES string of the molecule is N#Cc1ccc2c(c1)C(=O)CC21CCCC2=CN=C[N+]21. The topological polar surface area (TPSA) is 59.1 Å². The highest BCUT2D eigenvalue weighted by Crippen LogP contribution is 2.48. The summed E-state index contributed by atoms with van der Waals surface area (Å²) in [5, 5.41) is 9.01. The first-order valence-corrected chi connectivity index (χ1v) is 6.84. The Bertz CT molecular complexity index is 726. The van der Waals surface area contributed by atoms with E-state index in [1.807, 2.05) is 24.7 Å². The number of nitriles is 1. The molecule has 4 nitrogen and oxygen atoms in total. The number of carbonyl (C=O) groups excluding carboxylic acids is 1. The number of nitrogens with zero attached hydrogens (tertiary/aromatic N) is 3. The molecule has 1 unspecified atom stereocenters. The zero-order valence-corrected chi connectivity index (χ0v) is 11.0. The van der Waals surface area contributed by atoms with E-state index in [1.54, 1.807) is 6.07 Å². The normalized spacial score (nSPS) is 27.4. The van der Waals surface area contributed by atoms with Gasteiger partial charge in [-0.3, -0.25) is 4.79 Å². The Morgan fingerprint density at radius 3 is 3.15 bits per heavy atom. The lowest BCUT2D eigenvalue weighted by molar-refractivity contribution is 0.0947. The average Bonchev–Trinajstić information content (AvgIpc) is 3.05. The maximum atomic E-state index is 12.4. The molecule has 1 atom stereocenters. The number of piperidine rings is 1. The molecule has 20 heavy (non-hydrogen) atoms. The lowest BCUT2D eigenvalue weighted by Crippen LogP contribution is -2.49.